The Morgan fingerprint density at radius 3 is 2.94 bits per heavy atom. The first-order valence-corrected chi connectivity index (χ1v) is 6.26. The molecule has 0 bridgehead atoms. The van der Waals surface area contributed by atoms with Crippen molar-refractivity contribution in [3.63, 3.8) is 0 Å². The molecule has 0 saturated carbocycles. The number of anilines is 1. The van der Waals surface area contributed by atoms with Crippen LogP contribution < -0.4 is 10.6 Å². The fraction of sp³-hybridized carbons (Fsp3) is 0.667. The van der Waals surface area contributed by atoms with Gasteiger partial charge in [-0.3, -0.25) is 0 Å². The number of rotatable bonds is 3. The molecule has 5 nitrogen and oxygen atoms in total. The molecule has 1 aliphatic rings. The normalized spacial score (nSPS) is 18.1. The number of nitrogens with two attached hydrogens (primary N) is 1. The second kappa shape index (κ2) is 5.93. The second-order valence-electron chi connectivity index (χ2n) is 4.56. The van der Waals surface area contributed by atoms with Crippen LogP contribution in [0.1, 0.15) is 12.0 Å². The van der Waals surface area contributed by atoms with E-state index in [1.165, 1.54) is 0 Å². The van der Waals surface area contributed by atoms with Crippen molar-refractivity contribution in [3.05, 3.63) is 17.8 Å². The lowest BCUT2D eigenvalue weighted by atomic mass is 10.3. The van der Waals surface area contributed by atoms with Crippen LogP contribution in [0.3, 0.4) is 0 Å². The van der Waals surface area contributed by atoms with Crippen molar-refractivity contribution < 1.29 is 0 Å². The Bertz CT molecular complexity index is 355. The van der Waals surface area contributed by atoms with Crippen LogP contribution in [0.2, 0.25) is 0 Å². The van der Waals surface area contributed by atoms with Crippen LogP contribution in [0, 0.1) is 6.92 Å². The zero-order valence-electron chi connectivity index (χ0n) is 10.5. The van der Waals surface area contributed by atoms with Crippen molar-refractivity contribution in [2.75, 3.05) is 44.2 Å². The van der Waals surface area contributed by atoms with E-state index in [0.29, 0.717) is 0 Å². The van der Waals surface area contributed by atoms with Crippen LogP contribution in [0.4, 0.5) is 5.82 Å². The highest BCUT2D eigenvalue weighted by Crippen LogP contribution is 2.13. The summed E-state index contributed by atoms with van der Waals surface area (Å²) in [5, 5.41) is 8.23. The average Bonchev–Trinajstić information content (AvgIpc) is 2.55. The Morgan fingerprint density at radius 1 is 1.29 bits per heavy atom. The summed E-state index contributed by atoms with van der Waals surface area (Å²) < 4.78 is 0. The van der Waals surface area contributed by atoms with Gasteiger partial charge in [0.15, 0.2) is 5.82 Å². The third-order valence-electron chi connectivity index (χ3n) is 3.14. The van der Waals surface area contributed by atoms with Gasteiger partial charge in [0.1, 0.15) is 0 Å². The van der Waals surface area contributed by atoms with Gasteiger partial charge in [0, 0.05) is 32.7 Å². The van der Waals surface area contributed by atoms with E-state index in [4.69, 9.17) is 5.73 Å². The molecule has 0 atom stereocenters. The molecule has 1 fully saturated rings. The molecule has 2 N–H and O–H groups in total. The van der Waals surface area contributed by atoms with Gasteiger partial charge >= 0.3 is 0 Å². The Balaban J connectivity index is 1.99. The number of hydrogen-bond donors (Lipinski definition) is 1. The van der Waals surface area contributed by atoms with Gasteiger partial charge in [-0.25, -0.2) is 0 Å². The van der Waals surface area contributed by atoms with E-state index in [0.717, 1.165) is 57.1 Å². The van der Waals surface area contributed by atoms with E-state index >= 15 is 0 Å². The van der Waals surface area contributed by atoms with E-state index in [1.807, 2.05) is 0 Å². The fourth-order valence-corrected chi connectivity index (χ4v) is 2.21. The standard InChI is InChI=1S/C12H21N5/c1-11-9-12(15-14-10-11)17-5-2-4-16(6-3-13)7-8-17/h9-10H,2-8,13H2,1H3. The summed E-state index contributed by atoms with van der Waals surface area (Å²) in [7, 11) is 0. The minimum atomic E-state index is 0.740. The summed E-state index contributed by atoms with van der Waals surface area (Å²) in [6.45, 7) is 8.05. The Morgan fingerprint density at radius 2 is 2.18 bits per heavy atom. The van der Waals surface area contributed by atoms with Gasteiger partial charge in [0.25, 0.3) is 0 Å². The molecule has 0 radical (unpaired) electrons. The molecule has 1 aromatic rings. The van der Waals surface area contributed by atoms with Crippen LogP contribution in [0.25, 0.3) is 0 Å². The van der Waals surface area contributed by atoms with Gasteiger partial charge in [-0.05, 0) is 31.5 Å². The van der Waals surface area contributed by atoms with Gasteiger partial charge in [-0.1, -0.05) is 0 Å². The van der Waals surface area contributed by atoms with Crippen LogP contribution in [-0.4, -0.2) is 54.4 Å². The molecule has 2 rings (SSSR count). The topological polar surface area (TPSA) is 58.3 Å². The Hall–Kier alpha value is -1.20. The van der Waals surface area contributed by atoms with Gasteiger partial charge in [0.05, 0.1) is 6.20 Å². The molecule has 2 heterocycles. The molecular weight excluding hydrogens is 214 g/mol. The van der Waals surface area contributed by atoms with E-state index in [9.17, 15) is 0 Å². The first kappa shape index (κ1) is 12.3. The highest BCUT2D eigenvalue weighted by Gasteiger charge is 2.15. The van der Waals surface area contributed by atoms with Crippen LogP contribution >= 0.6 is 0 Å². The summed E-state index contributed by atoms with van der Waals surface area (Å²) >= 11 is 0. The van der Waals surface area contributed by atoms with Gasteiger partial charge in [-0.2, -0.15) is 5.10 Å². The predicted octanol–water partition coefficient (Wildman–Crippen LogP) is 0.256. The molecular formula is C12H21N5. The molecule has 94 valence electrons. The molecule has 1 saturated heterocycles. The predicted molar refractivity (Wildman–Crippen MR) is 69.1 cm³/mol. The van der Waals surface area contributed by atoms with Crippen molar-refractivity contribution in [3.8, 4) is 0 Å². The molecule has 0 aromatic carbocycles. The maximum absolute atomic E-state index is 5.60. The van der Waals surface area contributed by atoms with E-state index in [2.05, 4.69) is 33.0 Å². The summed E-state index contributed by atoms with van der Waals surface area (Å²) in [6, 6.07) is 2.10. The van der Waals surface area contributed by atoms with Crippen molar-refractivity contribution in [2.24, 2.45) is 5.73 Å². The number of aryl methyl sites for hydroxylation is 1. The molecule has 1 aromatic heterocycles. The van der Waals surface area contributed by atoms with Crippen molar-refractivity contribution in [1.29, 1.82) is 0 Å². The van der Waals surface area contributed by atoms with Crippen molar-refractivity contribution >= 4 is 5.82 Å². The third kappa shape index (κ3) is 3.38. The highest BCUT2D eigenvalue weighted by molar-refractivity contribution is 5.39. The molecule has 0 unspecified atom stereocenters. The maximum Gasteiger partial charge on any atom is 0.151 e. The largest absolute Gasteiger partial charge is 0.354 e. The monoisotopic (exact) mass is 235 g/mol. The maximum atomic E-state index is 5.60. The fourth-order valence-electron chi connectivity index (χ4n) is 2.21. The summed E-state index contributed by atoms with van der Waals surface area (Å²) in [6.07, 6.45) is 2.96. The van der Waals surface area contributed by atoms with E-state index < -0.39 is 0 Å². The second-order valence-corrected chi connectivity index (χ2v) is 4.56. The lowest BCUT2D eigenvalue weighted by molar-refractivity contribution is 0.302. The zero-order valence-corrected chi connectivity index (χ0v) is 10.5. The molecule has 1 aliphatic heterocycles. The summed E-state index contributed by atoms with van der Waals surface area (Å²) in [5.41, 5.74) is 6.76. The molecule has 5 heteroatoms. The lowest BCUT2D eigenvalue weighted by Crippen LogP contribution is -2.34. The molecule has 0 aliphatic carbocycles. The number of hydrogen-bond acceptors (Lipinski definition) is 5. The van der Waals surface area contributed by atoms with Crippen LogP contribution in [0.15, 0.2) is 12.3 Å². The smallest absolute Gasteiger partial charge is 0.151 e. The summed E-state index contributed by atoms with van der Waals surface area (Å²) in [4.78, 5) is 4.74. The quantitative estimate of drug-likeness (QED) is 0.814. The number of nitrogens with zero attached hydrogens (tertiary/aromatic N) is 4. The van der Waals surface area contributed by atoms with E-state index in [-0.39, 0.29) is 0 Å². The van der Waals surface area contributed by atoms with Crippen LogP contribution in [-0.2, 0) is 0 Å². The third-order valence-corrected chi connectivity index (χ3v) is 3.14. The average molecular weight is 235 g/mol. The van der Waals surface area contributed by atoms with Crippen LogP contribution in [0.5, 0.6) is 0 Å². The molecule has 0 spiro atoms. The van der Waals surface area contributed by atoms with E-state index in [1.54, 1.807) is 6.20 Å². The minimum absolute atomic E-state index is 0.740. The van der Waals surface area contributed by atoms with Crippen molar-refractivity contribution in [1.82, 2.24) is 15.1 Å². The molecule has 17 heavy (non-hydrogen) atoms. The first-order chi connectivity index (χ1) is 8.29. The van der Waals surface area contributed by atoms with Gasteiger partial charge in [0.2, 0.25) is 0 Å². The number of aromatic nitrogens is 2. The zero-order chi connectivity index (χ0) is 12.1. The van der Waals surface area contributed by atoms with Gasteiger partial charge < -0.3 is 15.5 Å². The van der Waals surface area contributed by atoms with Crippen molar-refractivity contribution in [2.45, 2.75) is 13.3 Å². The Kier molecular flexibility index (Phi) is 4.28. The Labute approximate surface area is 103 Å². The summed E-state index contributed by atoms with van der Waals surface area (Å²) in [5.74, 6) is 1.000. The van der Waals surface area contributed by atoms with Gasteiger partial charge in [-0.15, -0.1) is 5.10 Å². The lowest BCUT2D eigenvalue weighted by Gasteiger charge is -2.22. The minimum Gasteiger partial charge on any atom is -0.354 e. The first-order valence-electron chi connectivity index (χ1n) is 6.26. The molecule has 0 amide bonds. The SMILES string of the molecule is Cc1cnnc(N2CCCN(CCN)CC2)c1. The highest BCUT2D eigenvalue weighted by atomic mass is 15.3.